The lowest BCUT2D eigenvalue weighted by atomic mass is 9.99. The summed E-state index contributed by atoms with van der Waals surface area (Å²) in [6, 6.07) is -0.817. The molecule has 0 aliphatic carbocycles. The lowest BCUT2D eigenvalue weighted by Gasteiger charge is -2.40. The van der Waals surface area contributed by atoms with E-state index in [0.29, 0.717) is 6.42 Å². The maximum absolute atomic E-state index is 12.9. The summed E-state index contributed by atoms with van der Waals surface area (Å²) in [6.45, 7) is 3.67. The van der Waals surface area contributed by atoms with E-state index in [0.717, 1.165) is 44.9 Å². The van der Waals surface area contributed by atoms with E-state index >= 15 is 0 Å². The molecule has 1 saturated heterocycles. The molecule has 7 atom stereocenters. The van der Waals surface area contributed by atoms with Gasteiger partial charge in [0.1, 0.15) is 24.4 Å². The number of hydrogen-bond donors (Lipinski definition) is 6. The Kier molecular flexibility index (Phi) is 35.3. The molecule has 1 aliphatic heterocycles. The molecule has 1 amide bonds. The van der Waals surface area contributed by atoms with Gasteiger partial charge in [0.2, 0.25) is 5.91 Å². The van der Waals surface area contributed by atoms with Crippen LogP contribution < -0.4 is 5.32 Å². The van der Waals surface area contributed by atoms with Crippen LogP contribution in [0.25, 0.3) is 0 Å². The number of unbranched alkanes of at least 4 members (excludes halogenated alkanes) is 24. The standard InChI is InChI=1S/C47H87NO8/c1-3-5-7-9-11-13-14-15-16-17-18-19-20-21-22-23-24-25-26-27-28-29-31-33-35-37-43(51)48-40(41(50)36-34-32-30-12-10-8-6-4-2)39-55-47-46(54)45(53)44(52)42(38-49)56-47/h10,12,17-18,34,36,40-42,44-47,49-50,52-54H,3-9,11,13-16,19-33,35,37-39H2,1-2H3,(H,48,51)/b12-10+,18-17-,36-34+. The number of ether oxygens (including phenoxy) is 2. The van der Waals surface area contributed by atoms with Gasteiger partial charge in [-0.15, -0.1) is 0 Å². The zero-order valence-corrected chi connectivity index (χ0v) is 35.9. The van der Waals surface area contributed by atoms with Crippen molar-refractivity contribution in [3.63, 3.8) is 0 Å². The van der Waals surface area contributed by atoms with E-state index in [1.54, 1.807) is 6.08 Å². The third-order valence-corrected chi connectivity index (χ3v) is 10.9. The number of carbonyl (C=O) groups excluding carboxylic acids is 1. The molecule has 0 radical (unpaired) electrons. The highest BCUT2D eigenvalue weighted by atomic mass is 16.7. The van der Waals surface area contributed by atoms with Gasteiger partial charge in [-0.2, -0.15) is 0 Å². The number of amides is 1. The molecule has 0 aromatic carbocycles. The Balaban J connectivity index is 2.19. The zero-order chi connectivity index (χ0) is 40.9. The third-order valence-electron chi connectivity index (χ3n) is 10.9. The molecule has 0 saturated carbocycles. The van der Waals surface area contributed by atoms with E-state index in [-0.39, 0.29) is 12.5 Å². The maximum atomic E-state index is 12.9. The van der Waals surface area contributed by atoms with Crippen LogP contribution in [-0.4, -0.2) is 87.5 Å². The van der Waals surface area contributed by atoms with Gasteiger partial charge in [0.25, 0.3) is 0 Å². The van der Waals surface area contributed by atoms with E-state index in [1.165, 1.54) is 135 Å². The highest BCUT2D eigenvalue weighted by Crippen LogP contribution is 2.22. The Morgan fingerprint density at radius 3 is 1.55 bits per heavy atom. The fraction of sp³-hybridized carbons (Fsp3) is 0.851. The van der Waals surface area contributed by atoms with Gasteiger partial charge < -0.3 is 40.3 Å². The first kappa shape index (κ1) is 52.4. The molecule has 9 nitrogen and oxygen atoms in total. The Hall–Kier alpha value is -1.59. The lowest BCUT2D eigenvalue weighted by molar-refractivity contribution is -0.302. The minimum atomic E-state index is -1.57. The molecule has 1 fully saturated rings. The molecular formula is C47H87NO8. The van der Waals surface area contributed by atoms with E-state index in [9.17, 15) is 30.3 Å². The van der Waals surface area contributed by atoms with Gasteiger partial charge in [0, 0.05) is 6.42 Å². The van der Waals surface area contributed by atoms with Crippen LogP contribution in [0.3, 0.4) is 0 Å². The lowest BCUT2D eigenvalue weighted by Crippen LogP contribution is -2.60. The first-order chi connectivity index (χ1) is 27.3. The Morgan fingerprint density at radius 1 is 0.589 bits per heavy atom. The summed E-state index contributed by atoms with van der Waals surface area (Å²) < 4.78 is 11.1. The molecule has 6 N–H and O–H groups in total. The van der Waals surface area contributed by atoms with Gasteiger partial charge in [0.05, 0.1) is 25.4 Å². The second-order valence-corrected chi connectivity index (χ2v) is 16.2. The molecule has 1 rings (SSSR count). The third kappa shape index (κ3) is 27.9. The highest BCUT2D eigenvalue weighted by molar-refractivity contribution is 5.76. The molecule has 56 heavy (non-hydrogen) atoms. The minimum Gasteiger partial charge on any atom is -0.394 e. The number of aliphatic hydroxyl groups is 5. The van der Waals surface area contributed by atoms with Crippen molar-refractivity contribution in [2.75, 3.05) is 13.2 Å². The van der Waals surface area contributed by atoms with Gasteiger partial charge in [-0.05, 0) is 51.4 Å². The molecule has 0 aromatic rings. The number of nitrogens with one attached hydrogen (secondary N) is 1. The van der Waals surface area contributed by atoms with Crippen LogP contribution in [0.15, 0.2) is 36.5 Å². The monoisotopic (exact) mass is 794 g/mol. The van der Waals surface area contributed by atoms with Crippen molar-refractivity contribution in [3.8, 4) is 0 Å². The van der Waals surface area contributed by atoms with Crippen molar-refractivity contribution >= 4 is 5.91 Å². The predicted octanol–water partition coefficient (Wildman–Crippen LogP) is 9.67. The zero-order valence-electron chi connectivity index (χ0n) is 35.9. The topological polar surface area (TPSA) is 149 Å². The van der Waals surface area contributed by atoms with Crippen LogP contribution in [0.5, 0.6) is 0 Å². The number of allylic oxidation sites excluding steroid dienone is 5. The molecule has 7 unspecified atom stereocenters. The fourth-order valence-electron chi connectivity index (χ4n) is 7.15. The van der Waals surface area contributed by atoms with Gasteiger partial charge in [-0.1, -0.05) is 179 Å². The number of rotatable bonds is 38. The first-order valence-corrected chi connectivity index (χ1v) is 23.2. The summed E-state index contributed by atoms with van der Waals surface area (Å²) in [5, 5.41) is 53.9. The number of carbonyl (C=O) groups is 1. The number of aliphatic hydroxyl groups excluding tert-OH is 5. The van der Waals surface area contributed by atoms with Crippen LogP contribution in [0.2, 0.25) is 0 Å². The second kappa shape index (κ2) is 37.7. The molecule has 0 spiro atoms. The van der Waals surface area contributed by atoms with E-state index in [1.807, 2.05) is 6.08 Å². The average molecular weight is 794 g/mol. The quantitative estimate of drug-likeness (QED) is 0.0268. The van der Waals surface area contributed by atoms with Crippen LogP contribution >= 0.6 is 0 Å². The van der Waals surface area contributed by atoms with E-state index in [4.69, 9.17) is 9.47 Å². The highest BCUT2D eigenvalue weighted by Gasteiger charge is 2.44. The van der Waals surface area contributed by atoms with Crippen LogP contribution in [0.4, 0.5) is 0 Å². The largest absolute Gasteiger partial charge is 0.394 e. The Labute approximate surface area is 342 Å². The summed E-state index contributed by atoms with van der Waals surface area (Å²) >= 11 is 0. The molecule has 1 heterocycles. The summed E-state index contributed by atoms with van der Waals surface area (Å²) in [6.07, 6.45) is 39.4. The van der Waals surface area contributed by atoms with Crippen LogP contribution in [0, 0.1) is 0 Å². The summed E-state index contributed by atoms with van der Waals surface area (Å²) in [5.41, 5.74) is 0. The van der Waals surface area contributed by atoms with Crippen LogP contribution in [0.1, 0.15) is 200 Å². The summed E-state index contributed by atoms with van der Waals surface area (Å²) in [7, 11) is 0. The normalized spacial score (nSPS) is 21.4. The smallest absolute Gasteiger partial charge is 0.220 e. The molecule has 0 aromatic heterocycles. The van der Waals surface area contributed by atoms with Crippen molar-refractivity contribution in [2.45, 2.75) is 243 Å². The first-order valence-electron chi connectivity index (χ1n) is 23.2. The minimum absolute atomic E-state index is 0.191. The van der Waals surface area contributed by atoms with Crippen molar-refractivity contribution in [1.82, 2.24) is 5.32 Å². The second-order valence-electron chi connectivity index (χ2n) is 16.2. The van der Waals surface area contributed by atoms with E-state index < -0.39 is 49.5 Å². The summed E-state index contributed by atoms with van der Waals surface area (Å²) in [4.78, 5) is 12.9. The van der Waals surface area contributed by atoms with Crippen molar-refractivity contribution in [2.24, 2.45) is 0 Å². The SMILES string of the molecule is CCCC/C=C/CC/C=C/C(O)C(COC1OC(CO)C(O)C(O)C1O)NC(=O)CCCCCCCCCCCCCCC/C=C\CCCCCCCCCC. The number of hydrogen-bond acceptors (Lipinski definition) is 8. The predicted molar refractivity (Wildman–Crippen MR) is 230 cm³/mol. The molecule has 328 valence electrons. The average Bonchev–Trinajstić information content (AvgIpc) is 3.20. The van der Waals surface area contributed by atoms with Crippen molar-refractivity contribution < 1.29 is 39.8 Å². The van der Waals surface area contributed by atoms with Crippen LogP contribution in [-0.2, 0) is 14.3 Å². The summed E-state index contributed by atoms with van der Waals surface area (Å²) in [5.74, 6) is -0.191. The molecule has 0 bridgehead atoms. The van der Waals surface area contributed by atoms with Gasteiger partial charge in [-0.3, -0.25) is 4.79 Å². The Morgan fingerprint density at radius 2 is 1.04 bits per heavy atom. The molecular weight excluding hydrogens is 707 g/mol. The molecule has 9 heteroatoms. The Bertz CT molecular complexity index is 972. The van der Waals surface area contributed by atoms with E-state index in [2.05, 4.69) is 43.5 Å². The van der Waals surface area contributed by atoms with Gasteiger partial charge in [-0.25, -0.2) is 0 Å². The van der Waals surface area contributed by atoms with Crippen molar-refractivity contribution in [1.29, 1.82) is 0 Å². The van der Waals surface area contributed by atoms with Gasteiger partial charge in [0.15, 0.2) is 6.29 Å². The molecule has 1 aliphatic rings. The fourth-order valence-corrected chi connectivity index (χ4v) is 7.15. The van der Waals surface area contributed by atoms with Gasteiger partial charge >= 0.3 is 0 Å². The maximum Gasteiger partial charge on any atom is 0.220 e. The van der Waals surface area contributed by atoms with Crippen molar-refractivity contribution in [3.05, 3.63) is 36.5 Å².